The highest BCUT2D eigenvalue weighted by Crippen LogP contribution is 2.38. The Kier molecular flexibility index (Phi) is 2.78. The number of aliphatic imine (C=N–C) groups is 1. The molecule has 2 heterocycles. The molecule has 0 bridgehead atoms. The van der Waals surface area contributed by atoms with Crippen molar-refractivity contribution in [1.29, 1.82) is 0 Å². The van der Waals surface area contributed by atoms with Gasteiger partial charge < -0.3 is 15.5 Å². The molecule has 1 aromatic carbocycles. The Morgan fingerprint density at radius 1 is 1.42 bits per heavy atom. The van der Waals surface area contributed by atoms with Crippen LogP contribution in [0.3, 0.4) is 0 Å². The monoisotopic (exact) mass is 258 g/mol. The summed E-state index contributed by atoms with van der Waals surface area (Å²) in [6, 6.07) is 9.10. The van der Waals surface area contributed by atoms with E-state index in [0.717, 1.165) is 19.5 Å². The van der Waals surface area contributed by atoms with Gasteiger partial charge in [0.15, 0.2) is 5.96 Å². The third kappa shape index (κ3) is 1.91. The van der Waals surface area contributed by atoms with Gasteiger partial charge in [-0.2, -0.15) is 0 Å². The molecule has 3 rings (SSSR count). The van der Waals surface area contributed by atoms with Crippen LogP contribution in [0.1, 0.15) is 18.9 Å². The summed E-state index contributed by atoms with van der Waals surface area (Å²) in [5, 5.41) is 0. The first kappa shape index (κ1) is 12.5. The maximum Gasteiger partial charge on any atom is 0.196 e. The van der Waals surface area contributed by atoms with Gasteiger partial charge in [-0.25, -0.2) is 0 Å². The first-order valence-corrected chi connectivity index (χ1v) is 6.89. The van der Waals surface area contributed by atoms with Gasteiger partial charge in [0, 0.05) is 18.3 Å². The van der Waals surface area contributed by atoms with Crippen LogP contribution in [0.2, 0.25) is 0 Å². The third-order valence-corrected chi connectivity index (χ3v) is 4.47. The van der Waals surface area contributed by atoms with E-state index in [1.165, 1.54) is 11.3 Å². The lowest BCUT2D eigenvalue weighted by Gasteiger charge is -2.36. The van der Waals surface area contributed by atoms with Crippen molar-refractivity contribution < 1.29 is 0 Å². The van der Waals surface area contributed by atoms with E-state index in [1.807, 2.05) is 0 Å². The molecular weight excluding hydrogens is 236 g/mol. The van der Waals surface area contributed by atoms with E-state index < -0.39 is 0 Å². The van der Waals surface area contributed by atoms with Gasteiger partial charge in [-0.05, 0) is 45.0 Å². The van der Waals surface area contributed by atoms with Gasteiger partial charge in [0.1, 0.15) is 0 Å². The van der Waals surface area contributed by atoms with Crippen molar-refractivity contribution in [2.45, 2.75) is 31.8 Å². The molecule has 0 saturated carbocycles. The van der Waals surface area contributed by atoms with Crippen LogP contribution < -0.4 is 10.6 Å². The number of likely N-dealkylation sites (tertiary alicyclic amines) is 1. The van der Waals surface area contributed by atoms with Crippen molar-refractivity contribution in [2.75, 3.05) is 25.0 Å². The molecule has 2 N–H and O–H groups in total. The van der Waals surface area contributed by atoms with Crippen LogP contribution in [0, 0.1) is 6.92 Å². The van der Waals surface area contributed by atoms with Crippen LogP contribution in [0.25, 0.3) is 0 Å². The molecule has 4 heteroatoms. The van der Waals surface area contributed by atoms with E-state index in [1.54, 1.807) is 0 Å². The summed E-state index contributed by atoms with van der Waals surface area (Å²) in [6.07, 6.45) is 1.11. The van der Waals surface area contributed by atoms with E-state index in [0.29, 0.717) is 12.0 Å². The number of hydrogen-bond donors (Lipinski definition) is 1. The van der Waals surface area contributed by atoms with Gasteiger partial charge in [-0.1, -0.05) is 12.1 Å². The minimum absolute atomic E-state index is 0.0477. The van der Waals surface area contributed by atoms with Crippen molar-refractivity contribution in [1.82, 2.24) is 4.90 Å². The van der Waals surface area contributed by atoms with Gasteiger partial charge in [0.05, 0.1) is 12.1 Å². The van der Waals surface area contributed by atoms with Gasteiger partial charge in [0.25, 0.3) is 0 Å². The zero-order valence-corrected chi connectivity index (χ0v) is 11.9. The lowest BCUT2D eigenvalue weighted by molar-refractivity contribution is 0.322. The molecule has 1 aromatic rings. The second kappa shape index (κ2) is 4.23. The fourth-order valence-corrected chi connectivity index (χ4v) is 3.45. The highest BCUT2D eigenvalue weighted by Gasteiger charge is 2.49. The van der Waals surface area contributed by atoms with Crippen LogP contribution in [-0.2, 0) is 0 Å². The van der Waals surface area contributed by atoms with Crippen molar-refractivity contribution >= 4 is 11.6 Å². The SMILES string of the molecule is Cc1cccc(N2C(N)=NCC23CC(C)N(C)C3)c1. The number of nitrogens with zero attached hydrogens (tertiary/aromatic N) is 3. The lowest BCUT2D eigenvalue weighted by atomic mass is 9.94. The molecule has 0 radical (unpaired) electrons. The van der Waals surface area contributed by atoms with Crippen molar-refractivity contribution in [3.63, 3.8) is 0 Å². The Balaban J connectivity index is 2.00. The smallest absolute Gasteiger partial charge is 0.196 e. The molecule has 2 atom stereocenters. The van der Waals surface area contributed by atoms with Gasteiger partial charge in [-0.3, -0.25) is 4.99 Å². The highest BCUT2D eigenvalue weighted by molar-refractivity contribution is 5.98. The largest absolute Gasteiger partial charge is 0.369 e. The summed E-state index contributed by atoms with van der Waals surface area (Å²) >= 11 is 0. The second-order valence-electron chi connectivity index (χ2n) is 6.04. The Morgan fingerprint density at radius 3 is 2.84 bits per heavy atom. The fraction of sp³-hybridized carbons (Fsp3) is 0.533. The fourth-order valence-electron chi connectivity index (χ4n) is 3.45. The summed E-state index contributed by atoms with van der Waals surface area (Å²) < 4.78 is 0. The van der Waals surface area contributed by atoms with Gasteiger partial charge in [0.2, 0.25) is 0 Å². The summed E-state index contributed by atoms with van der Waals surface area (Å²) in [5.41, 5.74) is 8.64. The molecule has 0 aromatic heterocycles. The van der Waals surface area contributed by atoms with Crippen LogP contribution >= 0.6 is 0 Å². The Hall–Kier alpha value is -1.55. The van der Waals surface area contributed by atoms with E-state index in [-0.39, 0.29) is 5.54 Å². The summed E-state index contributed by atoms with van der Waals surface area (Å²) in [7, 11) is 2.18. The minimum Gasteiger partial charge on any atom is -0.369 e. The molecule has 1 spiro atoms. The van der Waals surface area contributed by atoms with Crippen LogP contribution in [0.5, 0.6) is 0 Å². The standard InChI is InChI=1S/C15H22N4/c1-11-5-4-6-13(7-11)19-14(16)17-9-15(19)8-12(2)18(3)10-15/h4-7,12H,8-10H2,1-3H3,(H2,16,17). The number of benzene rings is 1. The number of anilines is 1. The highest BCUT2D eigenvalue weighted by atomic mass is 15.4. The molecule has 0 aliphatic carbocycles. The molecule has 102 valence electrons. The van der Waals surface area contributed by atoms with E-state index in [4.69, 9.17) is 5.73 Å². The Labute approximate surface area is 114 Å². The van der Waals surface area contributed by atoms with E-state index in [9.17, 15) is 0 Å². The maximum absolute atomic E-state index is 6.16. The molecule has 1 saturated heterocycles. The van der Waals surface area contributed by atoms with E-state index >= 15 is 0 Å². The van der Waals surface area contributed by atoms with Crippen LogP contribution in [0.4, 0.5) is 5.69 Å². The number of hydrogen-bond acceptors (Lipinski definition) is 4. The maximum atomic E-state index is 6.16. The van der Waals surface area contributed by atoms with Crippen molar-refractivity contribution in [3.8, 4) is 0 Å². The lowest BCUT2D eigenvalue weighted by Crippen LogP contribution is -2.53. The molecular formula is C15H22N4. The number of aryl methyl sites for hydroxylation is 1. The third-order valence-electron chi connectivity index (χ3n) is 4.47. The quantitative estimate of drug-likeness (QED) is 0.832. The second-order valence-corrected chi connectivity index (χ2v) is 6.04. The molecule has 4 nitrogen and oxygen atoms in total. The van der Waals surface area contributed by atoms with Gasteiger partial charge >= 0.3 is 0 Å². The first-order chi connectivity index (χ1) is 9.02. The molecule has 0 amide bonds. The molecule has 2 unspecified atom stereocenters. The minimum atomic E-state index is 0.0477. The number of guanidine groups is 1. The van der Waals surface area contributed by atoms with Crippen molar-refractivity contribution in [2.24, 2.45) is 10.7 Å². The average molecular weight is 258 g/mol. The topological polar surface area (TPSA) is 44.9 Å². The van der Waals surface area contributed by atoms with Gasteiger partial charge in [-0.15, -0.1) is 0 Å². The zero-order valence-electron chi connectivity index (χ0n) is 11.9. The van der Waals surface area contributed by atoms with Crippen LogP contribution in [0.15, 0.2) is 29.3 Å². The normalized spacial score (nSPS) is 31.2. The Bertz CT molecular complexity index is 513. The summed E-state index contributed by atoms with van der Waals surface area (Å²) in [5.74, 6) is 0.660. The molecule has 1 fully saturated rings. The molecule has 2 aliphatic rings. The van der Waals surface area contributed by atoms with E-state index in [2.05, 4.69) is 60.0 Å². The number of rotatable bonds is 1. The number of likely N-dealkylation sites (N-methyl/N-ethyl adjacent to an activating group) is 1. The predicted octanol–water partition coefficient (Wildman–Crippen LogP) is 1.59. The molecule has 2 aliphatic heterocycles. The number of nitrogens with two attached hydrogens (primary N) is 1. The first-order valence-electron chi connectivity index (χ1n) is 6.89. The van der Waals surface area contributed by atoms with Crippen LogP contribution in [-0.4, -0.2) is 42.6 Å². The average Bonchev–Trinajstić information content (AvgIpc) is 2.80. The summed E-state index contributed by atoms with van der Waals surface area (Å²) in [6.45, 7) is 6.22. The Morgan fingerprint density at radius 2 is 2.21 bits per heavy atom. The zero-order chi connectivity index (χ0) is 13.6. The van der Waals surface area contributed by atoms with Crippen molar-refractivity contribution in [3.05, 3.63) is 29.8 Å². The predicted molar refractivity (Wildman–Crippen MR) is 79.6 cm³/mol. The molecule has 19 heavy (non-hydrogen) atoms. The summed E-state index contributed by atoms with van der Waals surface area (Å²) in [4.78, 5) is 9.17.